The van der Waals surface area contributed by atoms with Gasteiger partial charge in [-0.25, -0.2) is 13.7 Å². The minimum atomic E-state index is 0.0775. The lowest BCUT2D eigenvalue weighted by atomic mass is 10.1. The molecule has 4 heterocycles. The van der Waals surface area contributed by atoms with Crippen LogP contribution in [-0.2, 0) is 26.2 Å². The Kier molecular flexibility index (Phi) is 7.97. The zero-order valence-corrected chi connectivity index (χ0v) is 22.9. The quantitative estimate of drug-likeness (QED) is 0.266. The van der Waals surface area contributed by atoms with Crippen LogP contribution >= 0.6 is 0 Å². The van der Waals surface area contributed by atoms with Crippen LogP contribution in [0.2, 0.25) is 0 Å². The number of pyridine rings is 4. The fourth-order valence-electron chi connectivity index (χ4n) is 5.02. The molecule has 2 aromatic carbocycles. The lowest BCUT2D eigenvalue weighted by molar-refractivity contribution is -0.689. The molecule has 5 heteroatoms. The number of aromatic nitrogens is 4. The zero-order chi connectivity index (χ0) is 27.9. The van der Waals surface area contributed by atoms with E-state index >= 15 is 0 Å². The molecule has 41 heavy (non-hydrogen) atoms. The van der Waals surface area contributed by atoms with Crippen molar-refractivity contribution in [2.75, 3.05) is 0 Å². The van der Waals surface area contributed by atoms with E-state index in [2.05, 4.69) is 129 Å². The molecule has 0 unspecified atom stereocenters. The molecule has 6 rings (SSSR count). The Balaban J connectivity index is 1.07. The van der Waals surface area contributed by atoms with Gasteiger partial charge < -0.3 is 5.11 Å². The number of benzene rings is 2. The largest absolute Gasteiger partial charge is 0.392 e. The van der Waals surface area contributed by atoms with Crippen molar-refractivity contribution in [3.63, 3.8) is 0 Å². The van der Waals surface area contributed by atoms with Crippen LogP contribution in [0.5, 0.6) is 0 Å². The fraction of sp³-hybridized carbons (Fsp3) is 0.111. The molecule has 0 atom stereocenters. The van der Waals surface area contributed by atoms with Gasteiger partial charge in [-0.2, -0.15) is 0 Å². The van der Waals surface area contributed by atoms with Gasteiger partial charge in [-0.05, 0) is 46.0 Å². The minimum absolute atomic E-state index is 0.0775. The van der Waals surface area contributed by atoms with E-state index in [0.29, 0.717) is 0 Å². The smallest absolute Gasteiger partial charge is 0.173 e. The lowest BCUT2D eigenvalue weighted by Gasteiger charge is -2.04. The highest BCUT2D eigenvalue weighted by molar-refractivity contribution is 5.61. The third kappa shape index (κ3) is 6.78. The summed E-state index contributed by atoms with van der Waals surface area (Å²) in [7, 11) is 0. The van der Waals surface area contributed by atoms with Crippen molar-refractivity contribution in [2.24, 2.45) is 0 Å². The maximum Gasteiger partial charge on any atom is 0.173 e. The van der Waals surface area contributed by atoms with Crippen molar-refractivity contribution in [3.8, 4) is 22.3 Å². The van der Waals surface area contributed by atoms with Crippen LogP contribution < -0.4 is 13.7 Å². The van der Waals surface area contributed by atoms with E-state index in [-0.39, 0.29) is 6.61 Å². The van der Waals surface area contributed by atoms with Crippen LogP contribution in [0, 0.1) is 0 Å². The van der Waals surface area contributed by atoms with Gasteiger partial charge in [0.25, 0.3) is 0 Å². The Hall–Kier alpha value is -5.00. The van der Waals surface area contributed by atoms with Gasteiger partial charge in [0, 0.05) is 65.5 Å². The maximum absolute atomic E-state index is 9.24. The molecule has 0 bridgehead atoms. The first kappa shape index (κ1) is 26.2. The molecule has 0 saturated carbocycles. The SMILES string of the molecule is OCc1ccc(C[n+]2ccc(-c3cc[n+](Cc4cccc(C[n+]5ccc(-c6ccncc6)cc5)c4)cc3)cc2)cc1. The maximum atomic E-state index is 9.24. The monoisotopic (exact) mass is 537 g/mol. The van der Waals surface area contributed by atoms with Crippen molar-refractivity contribution >= 4 is 0 Å². The number of aliphatic hydroxyl groups is 1. The second kappa shape index (κ2) is 12.5. The zero-order valence-electron chi connectivity index (χ0n) is 22.9. The fourth-order valence-corrected chi connectivity index (χ4v) is 5.02. The van der Waals surface area contributed by atoms with Crippen molar-refractivity contribution in [3.05, 3.63) is 169 Å². The van der Waals surface area contributed by atoms with E-state index in [9.17, 15) is 5.11 Å². The first-order valence-corrected chi connectivity index (χ1v) is 13.9. The molecular formula is C36H33N4O+3. The van der Waals surface area contributed by atoms with E-state index < -0.39 is 0 Å². The van der Waals surface area contributed by atoms with E-state index in [1.807, 2.05) is 36.7 Å². The summed E-state index contributed by atoms with van der Waals surface area (Å²) in [5.74, 6) is 0. The Morgan fingerprint density at radius 2 is 0.829 bits per heavy atom. The highest BCUT2D eigenvalue weighted by atomic mass is 16.3. The summed E-state index contributed by atoms with van der Waals surface area (Å²) in [4.78, 5) is 4.11. The third-order valence-corrected chi connectivity index (χ3v) is 7.31. The Bertz CT molecular complexity index is 1700. The number of rotatable bonds is 9. The first-order valence-electron chi connectivity index (χ1n) is 13.9. The van der Waals surface area contributed by atoms with Gasteiger partial charge in [-0.1, -0.05) is 42.5 Å². The molecule has 1 N–H and O–H groups in total. The summed E-state index contributed by atoms with van der Waals surface area (Å²) >= 11 is 0. The third-order valence-electron chi connectivity index (χ3n) is 7.31. The number of aliphatic hydroxyl groups excluding tert-OH is 1. The van der Waals surface area contributed by atoms with Gasteiger partial charge in [-0.15, -0.1) is 0 Å². The van der Waals surface area contributed by atoms with Crippen LogP contribution in [0.3, 0.4) is 0 Å². The Morgan fingerprint density at radius 3 is 1.27 bits per heavy atom. The standard InChI is InChI=1S/C36H33N4O/c41-28-30-6-4-29(5-7-30)25-38-18-12-35(13-19-38)36-14-22-40(23-15-36)27-32-3-1-2-31(24-32)26-39-20-10-34(11-21-39)33-8-16-37-17-9-33/h1-24,41H,25-28H2/q+3. The Labute approximate surface area is 240 Å². The molecule has 0 saturated heterocycles. The Morgan fingerprint density at radius 1 is 0.439 bits per heavy atom. The minimum Gasteiger partial charge on any atom is -0.392 e. The van der Waals surface area contributed by atoms with Gasteiger partial charge in [-0.3, -0.25) is 4.98 Å². The average molecular weight is 538 g/mol. The van der Waals surface area contributed by atoms with E-state index in [1.54, 1.807) is 0 Å². The summed E-state index contributed by atoms with van der Waals surface area (Å²) in [5, 5.41) is 9.24. The summed E-state index contributed by atoms with van der Waals surface area (Å²) in [5.41, 5.74) is 9.46. The molecule has 0 radical (unpaired) electrons. The average Bonchev–Trinajstić information content (AvgIpc) is 3.03. The van der Waals surface area contributed by atoms with E-state index in [4.69, 9.17) is 0 Å². The second-order valence-electron chi connectivity index (χ2n) is 10.3. The molecule has 0 aliphatic heterocycles. The van der Waals surface area contributed by atoms with Crippen molar-refractivity contribution in [1.82, 2.24) is 4.98 Å². The van der Waals surface area contributed by atoms with Gasteiger partial charge in [0.2, 0.25) is 0 Å². The predicted molar refractivity (Wildman–Crippen MR) is 158 cm³/mol. The molecule has 6 aromatic rings. The van der Waals surface area contributed by atoms with Gasteiger partial charge >= 0.3 is 0 Å². The van der Waals surface area contributed by atoms with Crippen LogP contribution in [0.4, 0.5) is 0 Å². The number of nitrogens with zero attached hydrogens (tertiary/aromatic N) is 4. The van der Waals surface area contributed by atoms with Crippen molar-refractivity contribution in [2.45, 2.75) is 26.2 Å². The molecule has 0 aliphatic carbocycles. The lowest BCUT2D eigenvalue weighted by Crippen LogP contribution is -2.34. The molecule has 0 spiro atoms. The highest BCUT2D eigenvalue weighted by Crippen LogP contribution is 2.17. The number of hydrogen-bond acceptors (Lipinski definition) is 2. The molecule has 5 nitrogen and oxygen atoms in total. The molecular weight excluding hydrogens is 504 g/mol. The molecule has 0 aliphatic rings. The van der Waals surface area contributed by atoms with Crippen LogP contribution in [-0.4, -0.2) is 10.1 Å². The van der Waals surface area contributed by atoms with Gasteiger partial charge in [0.05, 0.1) is 6.61 Å². The number of hydrogen-bond donors (Lipinski definition) is 1. The topological polar surface area (TPSA) is 44.8 Å². The molecule has 4 aromatic heterocycles. The van der Waals surface area contributed by atoms with Crippen LogP contribution in [0.15, 0.2) is 147 Å². The van der Waals surface area contributed by atoms with Crippen LogP contribution in [0.1, 0.15) is 22.3 Å². The summed E-state index contributed by atoms with van der Waals surface area (Å²) in [6, 6.07) is 33.9. The summed E-state index contributed by atoms with van der Waals surface area (Å²) in [6.07, 6.45) is 16.5. The predicted octanol–water partition coefficient (Wildman–Crippen LogP) is 4.92. The summed E-state index contributed by atoms with van der Waals surface area (Å²) in [6.45, 7) is 2.53. The second-order valence-corrected chi connectivity index (χ2v) is 10.3. The van der Waals surface area contributed by atoms with Gasteiger partial charge in [0.15, 0.2) is 56.8 Å². The first-order chi connectivity index (χ1) is 20.2. The highest BCUT2D eigenvalue weighted by Gasteiger charge is 2.10. The van der Waals surface area contributed by atoms with Crippen LogP contribution in [0.25, 0.3) is 22.3 Å². The van der Waals surface area contributed by atoms with E-state index in [0.717, 1.165) is 25.2 Å². The van der Waals surface area contributed by atoms with Gasteiger partial charge in [0.1, 0.15) is 0 Å². The summed E-state index contributed by atoms with van der Waals surface area (Å²) < 4.78 is 6.60. The molecule has 200 valence electrons. The van der Waals surface area contributed by atoms with E-state index in [1.165, 1.54) is 38.9 Å². The van der Waals surface area contributed by atoms with Crippen molar-refractivity contribution < 1.29 is 18.8 Å². The normalized spacial score (nSPS) is 11.0. The van der Waals surface area contributed by atoms with Crippen molar-refractivity contribution in [1.29, 1.82) is 0 Å². The molecule has 0 amide bonds. The molecule has 0 fully saturated rings.